The normalized spacial score (nSPS) is 13.2. The first-order valence-corrected chi connectivity index (χ1v) is 6.95. The molecule has 0 atom stereocenters. The number of pyridine rings is 1. The number of aromatic nitrogens is 1. The van der Waals surface area contributed by atoms with Gasteiger partial charge in [0.2, 0.25) is 0 Å². The number of carbonyl (C=O) groups is 2. The van der Waals surface area contributed by atoms with Crippen LogP contribution in [-0.2, 0) is 17.6 Å². The van der Waals surface area contributed by atoms with Crippen LogP contribution in [0.25, 0.3) is 10.9 Å². The van der Waals surface area contributed by atoms with E-state index >= 15 is 0 Å². The van der Waals surface area contributed by atoms with E-state index in [-0.39, 0.29) is 12.5 Å². The summed E-state index contributed by atoms with van der Waals surface area (Å²) in [5.41, 5.74) is 3.37. The molecule has 1 aromatic heterocycles. The molecule has 3 rings (SSSR count). The molecule has 0 spiro atoms. The number of fused-ring (bicyclic) bond motifs is 2. The van der Waals surface area contributed by atoms with Gasteiger partial charge in [-0.15, -0.1) is 0 Å². The molecule has 2 aromatic rings. The minimum atomic E-state index is -1.01. The van der Waals surface area contributed by atoms with Crippen molar-refractivity contribution in [3.8, 4) is 0 Å². The first-order valence-electron chi connectivity index (χ1n) is 6.95. The quantitative estimate of drug-likeness (QED) is 0.934. The zero-order valence-electron chi connectivity index (χ0n) is 11.8. The van der Waals surface area contributed by atoms with Crippen LogP contribution in [0.3, 0.4) is 0 Å². The van der Waals surface area contributed by atoms with E-state index in [0.717, 1.165) is 41.4 Å². The van der Waals surface area contributed by atoms with E-state index in [1.165, 1.54) is 11.9 Å². The number of rotatable bonds is 3. The lowest BCUT2D eigenvalue weighted by molar-refractivity contribution is -0.137. The molecule has 1 amide bonds. The van der Waals surface area contributed by atoms with Gasteiger partial charge in [-0.25, -0.2) is 0 Å². The third-order valence-electron chi connectivity index (χ3n) is 3.85. The van der Waals surface area contributed by atoms with E-state index < -0.39 is 5.97 Å². The summed E-state index contributed by atoms with van der Waals surface area (Å²) in [7, 11) is 1.52. The Morgan fingerprint density at radius 2 is 2.05 bits per heavy atom. The lowest BCUT2D eigenvalue weighted by atomic mass is 10.00. The summed E-state index contributed by atoms with van der Waals surface area (Å²) in [6.07, 6.45) is 2.69. The molecular weight excluding hydrogens is 268 g/mol. The average Bonchev–Trinajstić information content (AvgIpc) is 2.90. The lowest BCUT2D eigenvalue weighted by Gasteiger charge is -2.18. The van der Waals surface area contributed by atoms with E-state index in [9.17, 15) is 9.59 Å². The Balaban J connectivity index is 2.16. The minimum absolute atomic E-state index is 0.242. The lowest BCUT2D eigenvalue weighted by Crippen LogP contribution is -2.32. The molecule has 5 nitrogen and oxygen atoms in total. The van der Waals surface area contributed by atoms with Crippen molar-refractivity contribution in [3.05, 3.63) is 41.1 Å². The number of amides is 1. The zero-order valence-corrected chi connectivity index (χ0v) is 11.8. The Morgan fingerprint density at radius 1 is 1.29 bits per heavy atom. The maximum atomic E-state index is 12.7. The van der Waals surface area contributed by atoms with Crippen molar-refractivity contribution in [1.82, 2.24) is 9.88 Å². The van der Waals surface area contributed by atoms with Crippen LogP contribution in [0, 0.1) is 0 Å². The fraction of sp³-hybridized carbons (Fsp3) is 0.312. The predicted octanol–water partition coefficient (Wildman–Crippen LogP) is 1.88. The highest BCUT2D eigenvalue weighted by atomic mass is 16.4. The third kappa shape index (κ3) is 2.35. The maximum Gasteiger partial charge on any atom is 0.323 e. The van der Waals surface area contributed by atoms with Crippen molar-refractivity contribution in [2.24, 2.45) is 0 Å². The number of likely N-dealkylation sites (N-methyl/N-ethyl adjacent to an activating group) is 1. The molecule has 108 valence electrons. The second kappa shape index (κ2) is 5.16. The second-order valence-corrected chi connectivity index (χ2v) is 5.34. The highest BCUT2D eigenvalue weighted by molar-refractivity contribution is 6.08. The molecule has 0 unspecified atom stereocenters. The topological polar surface area (TPSA) is 70.5 Å². The Morgan fingerprint density at radius 3 is 2.81 bits per heavy atom. The van der Waals surface area contributed by atoms with Gasteiger partial charge in [0.05, 0.1) is 11.1 Å². The van der Waals surface area contributed by atoms with Crippen molar-refractivity contribution in [1.29, 1.82) is 0 Å². The van der Waals surface area contributed by atoms with Crippen LogP contribution in [0.5, 0.6) is 0 Å². The maximum absolute atomic E-state index is 12.7. The van der Waals surface area contributed by atoms with Gasteiger partial charge in [0, 0.05) is 18.1 Å². The highest BCUT2D eigenvalue weighted by Gasteiger charge is 2.26. The number of nitrogens with zero attached hydrogens (tertiary/aromatic N) is 2. The molecule has 0 bridgehead atoms. The number of benzene rings is 1. The van der Waals surface area contributed by atoms with E-state index in [4.69, 9.17) is 5.11 Å². The molecular formula is C16H16N2O3. The van der Waals surface area contributed by atoms with Crippen LogP contribution in [0.15, 0.2) is 24.3 Å². The largest absolute Gasteiger partial charge is 0.480 e. The number of para-hydroxylation sites is 1. The zero-order chi connectivity index (χ0) is 15.0. The minimum Gasteiger partial charge on any atom is -0.480 e. The van der Waals surface area contributed by atoms with Crippen molar-refractivity contribution in [2.75, 3.05) is 13.6 Å². The Labute approximate surface area is 122 Å². The van der Waals surface area contributed by atoms with Gasteiger partial charge in [-0.1, -0.05) is 18.2 Å². The number of carbonyl (C=O) groups excluding carboxylic acids is 1. The number of aliphatic carboxylic acids is 1. The van der Waals surface area contributed by atoms with Crippen LogP contribution in [-0.4, -0.2) is 40.5 Å². The molecule has 0 radical (unpaired) electrons. The van der Waals surface area contributed by atoms with E-state index in [1.807, 2.05) is 24.3 Å². The molecule has 0 saturated carbocycles. The SMILES string of the molecule is CN(CC(=O)O)C(=O)c1c2c(nc3ccccc13)CCC2. The van der Waals surface area contributed by atoms with Gasteiger partial charge in [0.25, 0.3) is 5.91 Å². The molecule has 1 aliphatic rings. The summed E-state index contributed by atoms with van der Waals surface area (Å²) in [6.45, 7) is -0.301. The first kappa shape index (κ1) is 13.5. The highest BCUT2D eigenvalue weighted by Crippen LogP contribution is 2.30. The van der Waals surface area contributed by atoms with E-state index in [0.29, 0.717) is 5.56 Å². The summed E-state index contributed by atoms with van der Waals surface area (Å²) in [5.74, 6) is -1.25. The van der Waals surface area contributed by atoms with Crippen molar-refractivity contribution in [2.45, 2.75) is 19.3 Å². The van der Waals surface area contributed by atoms with Gasteiger partial charge in [-0.05, 0) is 30.9 Å². The van der Waals surface area contributed by atoms with Gasteiger partial charge in [0.1, 0.15) is 6.54 Å². The summed E-state index contributed by atoms with van der Waals surface area (Å²) >= 11 is 0. The first-order chi connectivity index (χ1) is 10.1. The Bertz CT molecular complexity index is 740. The molecule has 0 aliphatic heterocycles. The fourth-order valence-electron chi connectivity index (χ4n) is 2.92. The monoisotopic (exact) mass is 284 g/mol. The number of aryl methyl sites for hydroxylation is 1. The summed E-state index contributed by atoms with van der Waals surface area (Å²) in [6, 6.07) is 7.54. The van der Waals surface area contributed by atoms with Crippen LogP contribution >= 0.6 is 0 Å². The van der Waals surface area contributed by atoms with Gasteiger partial charge >= 0.3 is 5.97 Å². The molecule has 1 aliphatic carbocycles. The van der Waals surface area contributed by atoms with Crippen molar-refractivity contribution in [3.63, 3.8) is 0 Å². The fourth-order valence-corrected chi connectivity index (χ4v) is 2.92. The van der Waals surface area contributed by atoms with Crippen LogP contribution < -0.4 is 0 Å². The molecule has 5 heteroatoms. The number of hydrogen-bond donors (Lipinski definition) is 1. The Hall–Kier alpha value is -2.43. The van der Waals surface area contributed by atoms with Gasteiger partial charge in [-0.3, -0.25) is 14.6 Å². The molecule has 0 fully saturated rings. The average molecular weight is 284 g/mol. The summed E-state index contributed by atoms with van der Waals surface area (Å²) < 4.78 is 0. The smallest absolute Gasteiger partial charge is 0.323 e. The van der Waals surface area contributed by atoms with Gasteiger partial charge in [-0.2, -0.15) is 0 Å². The van der Waals surface area contributed by atoms with Crippen LogP contribution in [0.4, 0.5) is 0 Å². The van der Waals surface area contributed by atoms with Gasteiger partial charge in [0.15, 0.2) is 0 Å². The summed E-state index contributed by atoms with van der Waals surface area (Å²) in [5, 5.41) is 9.69. The van der Waals surface area contributed by atoms with E-state index in [2.05, 4.69) is 4.98 Å². The van der Waals surface area contributed by atoms with Crippen molar-refractivity contribution >= 4 is 22.8 Å². The molecule has 21 heavy (non-hydrogen) atoms. The van der Waals surface area contributed by atoms with E-state index in [1.54, 1.807) is 0 Å². The molecule has 1 aromatic carbocycles. The molecule has 1 N–H and O–H groups in total. The standard InChI is InChI=1S/C16H16N2O3/c1-18(9-14(19)20)16(21)15-10-5-2-3-7-12(10)17-13-8-4-6-11(13)15/h2-3,5,7H,4,6,8-9H2,1H3,(H,19,20). The summed E-state index contributed by atoms with van der Waals surface area (Å²) in [4.78, 5) is 29.4. The second-order valence-electron chi connectivity index (χ2n) is 5.34. The third-order valence-corrected chi connectivity index (χ3v) is 3.85. The number of carboxylic acids is 1. The molecule has 0 saturated heterocycles. The van der Waals surface area contributed by atoms with Crippen molar-refractivity contribution < 1.29 is 14.7 Å². The number of hydrogen-bond acceptors (Lipinski definition) is 3. The Kier molecular flexibility index (Phi) is 3.33. The van der Waals surface area contributed by atoms with Crippen LogP contribution in [0.2, 0.25) is 0 Å². The van der Waals surface area contributed by atoms with Crippen LogP contribution in [0.1, 0.15) is 28.0 Å². The number of carboxylic acid groups (broad SMARTS) is 1. The molecule has 1 heterocycles. The van der Waals surface area contributed by atoms with Gasteiger partial charge < -0.3 is 10.0 Å². The predicted molar refractivity (Wildman–Crippen MR) is 78.4 cm³/mol.